The third kappa shape index (κ3) is 2.81. The molecule has 122 valence electrons. The predicted octanol–water partition coefficient (Wildman–Crippen LogP) is 1.77. The molecule has 6 heteroatoms. The van der Waals surface area contributed by atoms with E-state index in [-0.39, 0.29) is 18.4 Å². The molecule has 2 saturated heterocycles. The van der Waals surface area contributed by atoms with Crippen LogP contribution in [0.15, 0.2) is 24.3 Å². The quantitative estimate of drug-likeness (QED) is 0.799. The zero-order valence-electron chi connectivity index (χ0n) is 13.5. The number of nitrogens with zero attached hydrogens (tertiary/aromatic N) is 3. The predicted molar refractivity (Wildman–Crippen MR) is 86.0 cm³/mol. The molecule has 6 nitrogen and oxygen atoms in total. The van der Waals surface area contributed by atoms with Crippen LogP contribution in [0.4, 0.5) is 10.5 Å². The van der Waals surface area contributed by atoms with E-state index in [4.69, 9.17) is 0 Å². The second-order valence-electron chi connectivity index (χ2n) is 6.18. The van der Waals surface area contributed by atoms with E-state index in [1.54, 1.807) is 11.8 Å². The number of rotatable bonds is 3. The van der Waals surface area contributed by atoms with Gasteiger partial charge in [0.15, 0.2) is 0 Å². The summed E-state index contributed by atoms with van der Waals surface area (Å²) in [7, 11) is 0. The lowest BCUT2D eigenvalue weighted by Crippen LogP contribution is -2.42. The zero-order chi connectivity index (χ0) is 16.6. The van der Waals surface area contributed by atoms with Crippen molar-refractivity contribution < 1.29 is 14.4 Å². The van der Waals surface area contributed by atoms with Gasteiger partial charge in [-0.2, -0.15) is 0 Å². The van der Waals surface area contributed by atoms with Gasteiger partial charge in [-0.1, -0.05) is 17.7 Å². The van der Waals surface area contributed by atoms with Gasteiger partial charge in [0, 0.05) is 18.8 Å². The average molecular weight is 315 g/mol. The van der Waals surface area contributed by atoms with Crippen LogP contribution in [-0.2, 0) is 9.59 Å². The zero-order valence-corrected chi connectivity index (χ0v) is 13.5. The molecule has 0 aromatic heterocycles. The molecule has 0 aliphatic carbocycles. The van der Waals surface area contributed by atoms with Gasteiger partial charge in [0.1, 0.15) is 12.6 Å². The Morgan fingerprint density at radius 3 is 2.35 bits per heavy atom. The van der Waals surface area contributed by atoms with Crippen LogP contribution >= 0.6 is 0 Å². The van der Waals surface area contributed by atoms with Gasteiger partial charge in [0.2, 0.25) is 5.91 Å². The smallest absolute Gasteiger partial charge is 0.332 e. The lowest BCUT2D eigenvalue weighted by molar-refractivity contribution is -0.136. The summed E-state index contributed by atoms with van der Waals surface area (Å²) in [6.45, 7) is 4.93. The standard InChI is InChI=1S/C17H21N3O3/c1-12-5-7-14(8-6-12)20-13(2)16(22)19(17(20)23)11-15(21)18-9-3-4-10-18/h5-8,13H,3-4,9-11H2,1-2H3/t13-/m0/s1. The maximum absolute atomic E-state index is 12.6. The first-order valence-corrected chi connectivity index (χ1v) is 7.98. The Kier molecular flexibility index (Phi) is 4.07. The summed E-state index contributed by atoms with van der Waals surface area (Å²) >= 11 is 0. The topological polar surface area (TPSA) is 60.9 Å². The Morgan fingerprint density at radius 2 is 1.74 bits per heavy atom. The molecule has 0 saturated carbocycles. The van der Waals surface area contributed by atoms with E-state index >= 15 is 0 Å². The Hall–Kier alpha value is -2.37. The summed E-state index contributed by atoms with van der Waals surface area (Å²) in [5.41, 5.74) is 1.76. The second-order valence-corrected chi connectivity index (χ2v) is 6.18. The number of hydrogen-bond donors (Lipinski definition) is 0. The second kappa shape index (κ2) is 6.02. The minimum absolute atomic E-state index is 0.151. The highest BCUT2D eigenvalue weighted by Crippen LogP contribution is 2.26. The van der Waals surface area contributed by atoms with Gasteiger partial charge < -0.3 is 4.90 Å². The van der Waals surface area contributed by atoms with E-state index in [1.807, 2.05) is 31.2 Å². The molecule has 1 aromatic rings. The molecular formula is C17H21N3O3. The van der Waals surface area contributed by atoms with Crippen molar-refractivity contribution in [1.29, 1.82) is 0 Å². The van der Waals surface area contributed by atoms with E-state index < -0.39 is 12.1 Å². The third-order valence-corrected chi connectivity index (χ3v) is 4.51. The molecule has 2 heterocycles. The SMILES string of the molecule is Cc1ccc(N2C(=O)N(CC(=O)N3CCCC3)C(=O)[C@@H]2C)cc1. The fourth-order valence-electron chi connectivity index (χ4n) is 3.11. The van der Waals surface area contributed by atoms with Crippen LogP contribution in [0.2, 0.25) is 0 Å². The highest BCUT2D eigenvalue weighted by molar-refractivity contribution is 6.15. The normalized spacial score (nSPS) is 21.5. The van der Waals surface area contributed by atoms with Gasteiger partial charge in [-0.3, -0.25) is 19.4 Å². The summed E-state index contributed by atoms with van der Waals surface area (Å²) in [5, 5.41) is 0. The average Bonchev–Trinajstić information content (AvgIpc) is 3.13. The Bertz CT molecular complexity index is 635. The molecule has 0 unspecified atom stereocenters. The van der Waals surface area contributed by atoms with Gasteiger partial charge in [0.05, 0.1) is 0 Å². The molecule has 2 fully saturated rings. The number of hydrogen-bond acceptors (Lipinski definition) is 3. The van der Waals surface area contributed by atoms with Crippen molar-refractivity contribution in [2.24, 2.45) is 0 Å². The molecule has 1 atom stereocenters. The molecule has 2 aliphatic rings. The van der Waals surface area contributed by atoms with Crippen LogP contribution < -0.4 is 4.90 Å². The lowest BCUT2D eigenvalue weighted by Gasteiger charge is -2.21. The number of aryl methyl sites for hydroxylation is 1. The van der Waals surface area contributed by atoms with Gasteiger partial charge in [0.25, 0.3) is 5.91 Å². The van der Waals surface area contributed by atoms with Crippen molar-refractivity contribution in [2.75, 3.05) is 24.5 Å². The largest absolute Gasteiger partial charge is 0.341 e. The van der Waals surface area contributed by atoms with E-state index in [0.29, 0.717) is 18.8 Å². The van der Waals surface area contributed by atoms with Crippen molar-refractivity contribution in [3.63, 3.8) is 0 Å². The van der Waals surface area contributed by atoms with Gasteiger partial charge in [-0.25, -0.2) is 4.79 Å². The number of benzene rings is 1. The number of anilines is 1. The van der Waals surface area contributed by atoms with Crippen LogP contribution in [0, 0.1) is 6.92 Å². The van der Waals surface area contributed by atoms with Crippen molar-refractivity contribution in [1.82, 2.24) is 9.80 Å². The molecule has 0 radical (unpaired) electrons. The number of urea groups is 1. The van der Waals surface area contributed by atoms with Gasteiger partial charge >= 0.3 is 6.03 Å². The van der Waals surface area contributed by atoms with E-state index in [1.165, 1.54) is 4.90 Å². The summed E-state index contributed by atoms with van der Waals surface area (Å²) < 4.78 is 0. The van der Waals surface area contributed by atoms with Crippen molar-refractivity contribution in [2.45, 2.75) is 32.7 Å². The minimum Gasteiger partial charge on any atom is -0.341 e. The molecule has 23 heavy (non-hydrogen) atoms. The van der Waals surface area contributed by atoms with Crippen LogP contribution in [0.25, 0.3) is 0 Å². The van der Waals surface area contributed by atoms with Crippen molar-refractivity contribution >= 4 is 23.5 Å². The van der Waals surface area contributed by atoms with Crippen molar-refractivity contribution in [3.05, 3.63) is 29.8 Å². The monoisotopic (exact) mass is 315 g/mol. The maximum atomic E-state index is 12.6. The van der Waals surface area contributed by atoms with E-state index in [9.17, 15) is 14.4 Å². The maximum Gasteiger partial charge on any atom is 0.332 e. The van der Waals surface area contributed by atoms with E-state index in [2.05, 4.69) is 0 Å². The first-order chi connectivity index (χ1) is 11.0. The molecule has 1 aromatic carbocycles. The van der Waals surface area contributed by atoms with Crippen LogP contribution in [0.1, 0.15) is 25.3 Å². The number of amides is 4. The van der Waals surface area contributed by atoms with Gasteiger partial charge in [-0.05, 0) is 38.8 Å². The molecule has 4 amide bonds. The summed E-state index contributed by atoms with van der Waals surface area (Å²) in [4.78, 5) is 41.5. The summed E-state index contributed by atoms with van der Waals surface area (Å²) in [6.07, 6.45) is 1.97. The molecule has 0 bridgehead atoms. The van der Waals surface area contributed by atoms with Gasteiger partial charge in [-0.15, -0.1) is 0 Å². The van der Waals surface area contributed by atoms with Crippen LogP contribution in [0.5, 0.6) is 0 Å². The number of carbonyl (C=O) groups excluding carboxylic acids is 3. The summed E-state index contributed by atoms with van der Waals surface area (Å²) in [5.74, 6) is -0.467. The Labute approximate surface area is 135 Å². The first kappa shape index (κ1) is 15.5. The number of likely N-dealkylation sites (tertiary alicyclic amines) is 1. The number of imide groups is 1. The Balaban J connectivity index is 1.77. The summed E-state index contributed by atoms with van der Waals surface area (Å²) in [6, 6.07) is 6.44. The molecule has 2 aliphatic heterocycles. The van der Waals surface area contributed by atoms with Crippen LogP contribution in [-0.4, -0.2) is 53.3 Å². The molecule has 0 N–H and O–H groups in total. The van der Waals surface area contributed by atoms with E-state index in [0.717, 1.165) is 23.3 Å². The molecule has 0 spiro atoms. The highest BCUT2D eigenvalue weighted by Gasteiger charge is 2.44. The Morgan fingerprint density at radius 1 is 1.13 bits per heavy atom. The fraction of sp³-hybridized carbons (Fsp3) is 0.471. The lowest BCUT2D eigenvalue weighted by atomic mass is 10.2. The molecule has 3 rings (SSSR count). The fourth-order valence-corrected chi connectivity index (χ4v) is 3.11. The molecular weight excluding hydrogens is 294 g/mol. The van der Waals surface area contributed by atoms with Crippen LogP contribution in [0.3, 0.4) is 0 Å². The number of carbonyl (C=O) groups is 3. The first-order valence-electron chi connectivity index (χ1n) is 7.98. The highest BCUT2D eigenvalue weighted by atomic mass is 16.2. The van der Waals surface area contributed by atoms with Crippen molar-refractivity contribution in [3.8, 4) is 0 Å². The minimum atomic E-state index is -0.586. The third-order valence-electron chi connectivity index (χ3n) is 4.51.